The molecule has 0 radical (unpaired) electrons. The van der Waals surface area contributed by atoms with Gasteiger partial charge < -0.3 is 14.5 Å². The summed E-state index contributed by atoms with van der Waals surface area (Å²) in [6.07, 6.45) is 2.58. The normalized spacial score (nSPS) is 11.0. The Bertz CT molecular complexity index is 955. The molecule has 0 atom stereocenters. The molecule has 0 aliphatic carbocycles. The first-order valence-corrected chi connectivity index (χ1v) is 8.09. The van der Waals surface area contributed by atoms with Gasteiger partial charge in [0.1, 0.15) is 5.52 Å². The summed E-state index contributed by atoms with van der Waals surface area (Å²) >= 11 is 0. The number of aryl methyl sites for hydroxylation is 2. The molecule has 6 heteroatoms. The Morgan fingerprint density at radius 1 is 1.15 bits per heavy atom. The highest BCUT2D eigenvalue weighted by molar-refractivity contribution is 5.94. The van der Waals surface area contributed by atoms with Crippen molar-refractivity contribution in [3.63, 3.8) is 0 Å². The Hall–Kier alpha value is -3.41. The number of carbonyl (C=O) groups is 2. The molecule has 0 bridgehead atoms. The third-order valence-corrected chi connectivity index (χ3v) is 3.81. The van der Waals surface area contributed by atoms with Gasteiger partial charge in [-0.15, -0.1) is 0 Å². The fourth-order valence-electron chi connectivity index (χ4n) is 2.30. The molecule has 3 rings (SSSR count). The maximum absolute atomic E-state index is 11.9. The number of nitrogens with zero attached hydrogens (tertiary/aromatic N) is 1. The number of esters is 1. The van der Waals surface area contributed by atoms with E-state index in [9.17, 15) is 9.59 Å². The van der Waals surface area contributed by atoms with Crippen molar-refractivity contribution in [1.82, 2.24) is 4.98 Å². The molecule has 0 aliphatic rings. The van der Waals surface area contributed by atoms with E-state index < -0.39 is 11.9 Å². The van der Waals surface area contributed by atoms with E-state index in [2.05, 4.69) is 10.3 Å². The second kappa shape index (κ2) is 7.65. The number of amides is 1. The first-order valence-electron chi connectivity index (χ1n) is 8.09. The standard InChI is InChI=1S/C20H18N2O4/c1-13-7-8-15(11-14(13)2)21-18(23)12-25-20(24)10-9-19-22-16-5-3-4-6-17(16)26-19/h3-11H,12H2,1-2H3,(H,21,23)/b10-9+. The maximum atomic E-state index is 11.9. The number of oxazole rings is 1. The summed E-state index contributed by atoms with van der Waals surface area (Å²) in [5, 5.41) is 2.69. The topological polar surface area (TPSA) is 81.4 Å². The molecular formula is C20H18N2O4. The molecule has 2 aromatic carbocycles. The molecule has 0 fully saturated rings. The predicted molar refractivity (Wildman–Crippen MR) is 98.5 cm³/mol. The first-order chi connectivity index (χ1) is 12.5. The van der Waals surface area contributed by atoms with Crippen molar-refractivity contribution >= 4 is 34.7 Å². The fourth-order valence-corrected chi connectivity index (χ4v) is 2.30. The van der Waals surface area contributed by atoms with Crippen LogP contribution in [-0.2, 0) is 14.3 Å². The van der Waals surface area contributed by atoms with Crippen molar-refractivity contribution < 1.29 is 18.7 Å². The number of nitrogens with one attached hydrogen (secondary N) is 1. The Morgan fingerprint density at radius 3 is 2.73 bits per heavy atom. The fraction of sp³-hybridized carbons (Fsp3) is 0.150. The zero-order chi connectivity index (χ0) is 18.5. The molecular weight excluding hydrogens is 332 g/mol. The third-order valence-electron chi connectivity index (χ3n) is 3.81. The van der Waals surface area contributed by atoms with Gasteiger partial charge in [-0.25, -0.2) is 9.78 Å². The van der Waals surface area contributed by atoms with Crippen molar-refractivity contribution in [3.8, 4) is 0 Å². The summed E-state index contributed by atoms with van der Waals surface area (Å²) in [5.41, 5.74) is 4.21. The molecule has 26 heavy (non-hydrogen) atoms. The van der Waals surface area contributed by atoms with Crippen molar-refractivity contribution in [3.05, 3.63) is 65.6 Å². The van der Waals surface area contributed by atoms with Crippen LogP contribution in [0.5, 0.6) is 0 Å². The van der Waals surface area contributed by atoms with Crippen LogP contribution in [-0.4, -0.2) is 23.5 Å². The van der Waals surface area contributed by atoms with Gasteiger partial charge in [-0.2, -0.15) is 0 Å². The lowest BCUT2D eigenvalue weighted by Gasteiger charge is -2.07. The molecule has 0 aliphatic heterocycles. The summed E-state index contributed by atoms with van der Waals surface area (Å²) in [6.45, 7) is 3.58. The number of hydrogen-bond donors (Lipinski definition) is 1. The van der Waals surface area contributed by atoms with Crippen molar-refractivity contribution in [2.75, 3.05) is 11.9 Å². The number of anilines is 1. The molecule has 1 N–H and O–H groups in total. The van der Waals surface area contributed by atoms with Crippen LogP contribution in [0.1, 0.15) is 17.0 Å². The van der Waals surface area contributed by atoms with Gasteiger partial charge in [-0.05, 0) is 49.2 Å². The van der Waals surface area contributed by atoms with E-state index in [1.54, 1.807) is 12.1 Å². The van der Waals surface area contributed by atoms with Crippen molar-refractivity contribution in [2.24, 2.45) is 0 Å². The minimum absolute atomic E-state index is 0.294. The minimum Gasteiger partial charge on any atom is -0.452 e. The van der Waals surface area contributed by atoms with Crippen LogP contribution in [0.2, 0.25) is 0 Å². The lowest BCUT2D eigenvalue weighted by molar-refractivity contribution is -0.142. The van der Waals surface area contributed by atoms with E-state index in [1.807, 2.05) is 44.2 Å². The summed E-state index contributed by atoms with van der Waals surface area (Å²) in [7, 11) is 0. The van der Waals surface area contributed by atoms with Gasteiger partial charge >= 0.3 is 5.97 Å². The molecule has 0 saturated heterocycles. The van der Waals surface area contributed by atoms with Gasteiger partial charge in [0.15, 0.2) is 12.2 Å². The van der Waals surface area contributed by atoms with Crippen molar-refractivity contribution in [1.29, 1.82) is 0 Å². The second-order valence-corrected chi connectivity index (χ2v) is 5.81. The van der Waals surface area contributed by atoms with Crippen LogP contribution in [0.3, 0.4) is 0 Å². The highest BCUT2D eigenvalue weighted by Crippen LogP contribution is 2.16. The average Bonchev–Trinajstić information content (AvgIpc) is 3.04. The monoisotopic (exact) mass is 350 g/mol. The maximum Gasteiger partial charge on any atom is 0.331 e. The lowest BCUT2D eigenvalue weighted by atomic mass is 10.1. The van der Waals surface area contributed by atoms with Crippen LogP contribution in [0, 0.1) is 13.8 Å². The number of ether oxygens (including phenoxy) is 1. The Kier molecular flexibility index (Phi) is 5.12. The van der Waals surface area contributed by atoms with Gasteiger partial charge in [0, 0.05) is 17.8 Å². The smallest absolute Gasteiger partial charge is 0.331 e. The molecule has 1 aromatic heterocycles. The first kappa shape index (κ1) is 17.4. The summed E-state index contributed by atoms with van der Waals surface area (Å²) in [6, 6.07) is 12.9. The SMILES string of the molecule is Cc1ccc(NC(=O)COC(=O)/C=C/c2nc3ccccc3o2)cc1C. The van der Waals surface area contributed by atoms with Gasteiger partial charge in [-0.1, -0.05) is 18.2 Å². The number of hydrogen-bond acceptors (Lipinski definition) is 5. The Labute approximate surface area is 150 Å². The van der Waals surface area contributed by atoms with Crippen molar-refractivity contribution in [2.45, 2.75) is 13.8 Å². The molecule has 132 valence electrons. The number of aromatic nitrogens is 1. The predicted octanol–water partition coefficient (Wildman–Crippen LogP) is 3.64. The highest BCUT2D eigenvalue weighted by atomic mass is 16.5. The summed E-state index contributed by atoms with van der Waals surface area (Å²) in [5.74, 6) is -0.762. The van der Waals surface area contributed by atoms with Crippen LogP contribution in [0.4, 0.5) is 5.69 Å². The number of carbonyl (C=O) groups excluding carboxylic acids is 2. The number of benzene rings is 2. The average molecular weight is 350 g/mol. The molecule has 1 amide bonds. The molecule has 6 nitrogen and oxygen atoms in total. The second-order valence-electron chi connectivity index (χ2n) is 5.81. The third kappa shape index (κ3) is 4.36. The van der Waals surface area contributed by atoms with Gasteiger partial charge in [0.25, 0.3) is 5.91 Å². The quantitative estimate of drug-likeness (QED) is 0.561. The molecule has 3 aromatic rings. The largest absolute Gasteiger partial charge is 0.452 e. The summed E-state index contributed by atoms with van der Waals surface area (Å²) < 4.78 is 10.4. The summed E-state index contributed by atoms with van der Waals surface area (Å²) in [4.78, 5) is 27.8. The van der Waals surface area contributed by atoms with Crippen LogP contribution in [0.15, 0.2) is 53.0 Å². The molecule has 1 heterocycles. The minimum atomic E-state index is -0.650. The van der Waals surface area contributed by atoms with E-state index in [4.69, 9.17) is 9.15 Å². The Balaban J connectivity index is 1.51. The van der Waals surface area contributed by atoms with Gasteiger partial charge in [0.05, 0.1) is 0 Å². The molecule has 0 saturated carbocycles. The number of fused-ring (bicyclic) bond motifs is 1. The Morgan fingerprint density at radius 2 is 1.96 bits per heavy atom. The van der Waals surface area contributed by atoms with E-state index in [-0.39, 0.29) is 6.61 Å². The van der Waals surface area contributed by atoms with Crippen LogP contribution >= 0.6 is 0 Å². The molecule has 0 spiro atoms. The van der Waals surface area contributed by atoms with Gasteiger partial charge in [-0.3, -0.25) is 4.79 Å². The number of rotatable bonds is 5. The number of para-hydroxylation sites is 2. The van der Waals surface area contributed by atoms with E-state index in [0.717, 1.165) is 11.1 Å². The molecule has 0 unspecified atom stereocenters. The van der Waals surface area contributed by atoms with Gasteiger partial charge in [0.2, 0.25) is 5.89 Å². The zero-order valence-electron chi connectivity index (χ0n) is 14.5. The van der Waals surface area contributed by atoms with E-state index in [0.29, 0.717) is 22.7 Å². The highest BCUT2D eigenvalue weighted by Gasteiger charge is 2.07. The van der Waals surface area contributed by atoms with E-state index >= 15 is 0 Å². The zero-order valence-corrected chi connectivity index (χ0v) is 14.5. The van der Waals surface area contributed by atoms with E-state index in [1.165, 1.54) is 12.2 Å². The van der Waals surface area contributed by atoms with Crippen LogP contribution < -0.4 is 5.32 Å². The van der Waals surface area contributed by atoms with Crippen LogP contribution in [0.25, 0.3) is 17.2 Å². The lowest BCUT2D eigenvalue weighted by Crippen LogP contribution is -2.20.